The second kappa shape index (κ2) is 7.00. The van der Waals surface area contributed by atoms with Crippen LogP contribution in [0.5, 0.6) is 11.5 Å². The van der Waals surface area contributed by atoms with Gasteiger partial charge in [0, 0.05) is 31.3 Å². The number of ether oxygens (including phenoxy) is 3. The number of carbonyl (C=O) groups excluding carboxylic acids is 1. The molecule has 2 atom stereocenters. The van der Waals surface area contributed by atoms with E-state index >= 15 is 0 Å². The van der Waals surface area contributed by atoms with Gasteiger partial charge in [-0.3, -0.25) is 4.79 Å². The number of carbonyl (C=O) groups is 1. The lowest BCUT2D eigenvalue weighted by Gasteiger charge is -2.45. The van der Waals surface area contributed by atoms with Gasteiger partial charge in [-0.15, -0.1) is 0 Å². The molecule has 0 aromatic heterocycles. The highest BCUT2D eigenvalue weighted by Crippen LogP contribution is 2.51. The number of alkyl halides is 3. The Bertz CT molecular complexity index is 919. The average molecular weight is 409 g/mol. The number of halogens is 3. The van der Waals surface area contributed by atoms with Crippen molar-refractivity contribution in [3.63, 3.8) is 0 Å². The molecule has 0 spiro atoms. The summed E-state index contributed by atoms with van der Waals surface area (Å²) in [6.45, 7) is -0.00617. The molecular formula is C21H22F3NO4. The van der Waals surface area contributed by atoms with E-state index in [4.69, 9.17) is 14.2 Å². The Balaban J connectivity index is 1.81. The van der Waals surface area contributed by atoms with Crippen LogP contribution in [0.15, 0.2) is 35.1 Å². The van der Waals surface area contributed by atoms with Crippen molar-refractivity contribution < 1.29 is 32.2 Å². The van der Waals surface area contributed by atoms with Crippen LogP contribution in [0.4, 0.5) is 13.2 Å². The summed E-state index contributed by atoms with van der Waals surface area (Å²) in [6.07, 6.45) is -1.92. The van der Waals surface area contributed by atoms with Crippen molar-refractivity contribution in [2.45, 2.75) is 24.9 Å². The molecule has 2 unspecified atom stereocenters. The number of hydrogen-bond acceptors (Lipinski definition) is 4. The average Bonchev–Trinajstić information content (AvgIpc) is 2.70. The summed E-state index contributed by atoms with van der Waals surface area (Å²) in [5.41, 5.74) is 3.92. The van der Waals surface area contributed by atoms with E-state index in [1.165, 1.54) is 0 Å². The van der Waals surface area contributed by atoms with Crippen molar-refractivity contribution >= 4 is 5.91 Å². The molecule has 1 heterocycles. The number of rotatable bonds is 3. The van der Waals surface area contributed by atoms with E-state index in [9.17, 15) is 18.0 Å². The highest BCUT2D eigenvalue weighted by molar-refractivity contribution is 5.82. The Morgan fingerprint density at radius 1 is 1.07 bits per heavy atom. The van der Waals surface area contributed by atoms with Crippen molar-refractivity contribution in [1.29, 1.82) is 0 Å². The molecule has 5 nitrogen and oxygen atoms in total. The second-order valence-electron chi connectivity index (χ2n) is 7.54. The summed E-state index contributed by atoms with van der Waals surface area (Å²) < 4.78 is 55.5. The first kappa shape index (κ1) is 19.7. The third-order valence-electron chi connectivity index (χ3n) is 6.01. The summed E-state index contributed by atoms with van der Waals surface area (Å²) in [6, 6.07) is 3.84. The van der Waals surface area contributed by atoms with E-state index < -0.39 is 12.1 Å². The van der Waals surface area contributed by atoms with Gasteiger partial charge in [0.25, 0.3) is 0 Å². The Labute approximate surface area is 166 Å². The zero-order valence-corrected chi connectivity index (χ0v) is 16.4. The molecular weight excluding hydrogens is 387 g/mol. The summed E-state index contributed by atoms with van der Waals surface area (Å²) in [5.74, 6) is -0.0913. The molecule has 2 aliphatic carbocycles. The minimum atomic E-state index is -4.89. The monoisotopic (exact) mass is 409 g/mol. The van der Waals surface area contributed by atoms with E-state index in [1.54, 1.807) is 27.4 Å². The van der Waals surface area contributed by atoms with Gasteiger partial charge in [-0.05, 0) is 41.3 Å². The number of fused-ring (bicyclic) bond motifs is 2. The Hall–Kier alpha value is -2.64. The van der Waals surface area contributed by atoms with Gasteiger partial charge in [-0.2, -0.15) is 13.2 Å². The molecule has 4 rings (SSSR count). The number of allylic oxidation sites excluding steroid dienone is 1. The highest BCUT2D eigenvalue weighted by Gasteiger charge is 2.47. The van der Waals surface area contributed by atoms with Crippen LogP contribution in [0.25, 0.3) is 0 Å². The van der Waals surface area contributed by atoms with E-state index in [-0.39, 0.29) is 24.9 Å². The fourth-order valence-corrected chi connectivity index (χ4v) is 4.82. The maximum Gasteiger partial charge on any atom is 0.471 e. The molecule has 0 saturated carbocycles. The first-order valence-electron chi connectivity index (χ1n) is 9.35. The zero-order valence-electron chi connectivity index (χ0n) is 16.4. The number of methoxy groups -OCH3 is 3. The van der Waals surface area contributed by atoms with Crippen molar-refractivity contribution in [2.24, 2.45) is 5.92 Å². The topological polar surface area (TPSA) is 48.0 Å². The first-order chi connectivity index (χ1) is 13.8. The third-order valence-corrected chi connectivity index (χ3v) is 6.01. The van der Waals surface area contributed by atoms with Crippen LogP contribution in [-0.2, 0) is 16.0 Å². The highest BCUT2D eigenvalue weighted by atomic mass is 19.4. The molecule has 156 valence electrons. The normalized spacial score (nSPS) is 23.1. The summed E-state index contributed by atoms with van der Waals surface area (Å²) in [7, 11) is 4.67. The van der Waals surface area contributed by atoms with Gasteiger partial charge in [0.15, 0.2) is 11.5 Å². The summed E-state index contributed by atoms with van der Waals surface area (Å²) in [5, 5.41) is 0. The fourth-order valence-electron chi connectivity index (χ4n) is 4.82. The quantitative estimate of drug-likeness (QED) is 0.766. The van der Waals surface area contributed by atoms with Gasteiger partial charge < -0.3 is 19.1 Å². The molecule has 0 N–H and O–H groups in total. The molecule has 1 aromatic carbocycles. The SMILES string of the molecule is COC1=CC2=C3C(Cc4cc(OC)c(OC)cc4C3C1)CN(C(=O)C(F)(F)F)C2. The molecule has 3 aliphatic rings. The molecule has 8 heteroatoms. The lowest BCUT2D eigenvalue weighted by Crippen LogP contribution is -2.49. The van der Waals surface area contributed by atoms with Crippen LogP contribution < -0.4 is 9.47 Å². The molecule has 1 aliphatic heterocycles. The van der Waals surface area contributed by atoms with Crippen molar-refractivity contribution in [2.75, 3.05) is 34.4 Å². The van der Waals surface area contributed by atoms with Crippen LogP contribution in [0.1, 0.15) is 23.5 Å². The van der Waals surface area contributed by atoms with Gasteiger partial charge in [0.1, 0.15) is 0 Å². The Morgan fingerprint density at radius 2 is 1.76 bits per heavy atom. The fraction of sp³-hybridized carbons (Fsp3) is 0.476. The van der Waals surface area contributed by atoms with Crippen LogP contribution in [0.2, 0.25) is 0 Å². The lowest BCUT2D eigenvalue weighted by atomic mass is 9.66. The number of hydrogen-bond donors (Lipinski definition) is 0. The molecule has 1 amide bonds. The van der Waals surface area contributed by atoms with Gasteiger partial charge in [0.05, 0.1) is 27.1 Å². The van der Waals surface area contributed by atoms with Crippen molar-refractivity contribution in [1.82, 2.24) is 4.90 Å². The van der Waals surface area contributed by atoms with E-state index in [0.717, 1.165) is 27.2 Å². The minimum Gasteiger partial charge on any atom is -0.501 e. The Kier molecular flexibility index (Phi) is 4.75. The smallest absolute Gasteiger partial charge is 0.471 e. The first-order valence-corrected chi connectivity index (χ1v) is 9.35. The molecule has 0 saturated heterocycles. The molecule has 0 bridgehead atoms. The predicted octanol–water partition coefficient (Wildman–Crippen LogP) is 3.59. The maximum atomic E-state index is 13.1. The maximum absolute atomic E-state index is 13.1. The number of benzene rings is 1. The summed E-state index contributed by atoms with van der Waals surface area (Å²) in [4.78, 5) is 12.8. The van der Waals surface area contributed by atoms with Gasteiger partial charge in [0.2, 0.25) is 0 Å². The standard InChI is InChI=1S/C21H22F3NO4/c1-27-14-5-13-10-25(20(26)21(22,23)24)9-12-4-11-6-17(28-2)18(29-3)8-15(11)16(7-14)19(12)13/h5-6,8,12,16H,4,7,9-10H2,1-3H3. The van der Waals surface area contributed by atoms with E-state index in [1.807, 2.05) is 12.1 Å². The molecule has 0 fully saturated rings. The molecule has 29 heavy (non-hydrogen) atoms. The predicted molar refractivity (Wildman–Crippen MR) is 98.9 cm³/mol. The number of amides is 1. The zero-order chi connectivity index (χ0) is 20.9. The van der Waals surface area contributed by atoms with Crippen molar-refractivity contribution in [3.8, 4) is 11.5 Å². The van der Waals surface area contributed by atoms with Gasteiger partial charge >= 0.3 is 12.1 Å². The van der Waals surface area contributed by atoms with E-state index in [0.29, 0.717) is 30.1 Å². The largest absolute Gasteiger partial charge is 0.501 e. The van der Waals surface area contributed by atoms with E-state index in [2.05, 4.69) is 0 Å². The minimum absolute atomic E-state index is 0.0124. The molecule has 1 aromatic rings. The number of nitrogens with zero attached hydrogens (tertiary/aromatic N) is 1. The third kappa shape index (κ3) is 3.24. The summed E-state index contributed by atoms with van der Waals surface area (Å²) >= 11 is 0. The Morgan fingerprint density at radius 3 is 2.38 bits per heavy atom. The van der Waals surface area contributed by atoms with Crippen LogP contribution in [0.3, 0.4) is 0 Å². The van der Waals surface area contributed by atoms with Crippen LogP contribution in [-0.4, -0.2) is 51.4 Å². The molecule has 0 radical (unpaired) electrons. The lowest BCUT2D eigenvalue weighted by molar-refractivity contribution is -0.185. The van der Waals surface area contributed by atoms with Crippen LogP contribution in [0, 0.1) is 5.92 Å². The van der Waals surface area contributed by atoms with Crippen LogP contribution >= 0.6 is 0 Å². The van der Waals surface area contributed by atoms with Gasteiger partial charge in [-0.1, -0.05) is 5.57 Å². The van der Waals surface area contributed by atoms with Crippen molar-refractivity contribution in [3.05, 3.63) is 46.2 Å². The second-order valence-corrected chi connectivity index (χ2v) is 7.54. The van der Waals surface area contributed by atoms with Gasteiger partial charge in [-0.25, -0.2) is 0 Å².